The Morgan fingerprint density at radius 1 is 1.50 bits per heavy atom. The zero-order valence-electron chi connectivity index (χ0n) is 7.90. The predicted molar refractivity (Wildman–Crippen MR) is 56.7 cm³/mol. The Bertz CT molecular complexity index is 145. The van der Waals surface area contributed by atoms with Gasteiger partial charge >= 0.3 is 0 Å². The lowest BCUT2D eigenvalue weighted by Gasteiger charge is -2.19. The van der Waals surface area contributed by atoms with Crippen LogP contribution in [0.2, 0.25) is 0 Å². The first-order chi connectivity index (χ1) is 5.61. The van der Waals surface area contributed by atoms with Crippen LogP contribution >= 0.6 is 23.2 Å². The van der Waals surface area contributed by atoms with Crippen molar-refractivity contribution in [1.82, 2.24) is 5.32 Å². The molecule has 0 fully saturated rings. The van der Waals surface area contributed by atoms with E-state index in [4.69, 9.17) is 23.2 Å². The van der Waals surface area contributed by atoms with Crippen LogP contribution < -0.4 is 5.32 Å². The number of rotatable bonds is 5. The lowest BCUT2D eigenvalue weighted by molar-refractivity contribution is 0.403. The zero-order chi connectivity index (χ0) is 9.56. The Morgan fingerprint density at radius 3 is 2.50 bits per heavy atom. The van der Waals surface area contributed by atoms with E-state index in [0.717, 1.165) is 0 Å². The van der Waals surface area contributed by atoms with E-state index in [1.165, 1.54) is 12.0 Å². The molecular weight excluding hydrogens is 193 g/mol. The van der Waals surface area contributed by atoms with E-state index in [-0.39, 0.29) is 0 Å². The molecule has 0 aliphatic heterocycles. The van der Waals surface area contributed by atoms with Gasteiger partial charge in [-0.2, -0.15) is 0 Å². The molecule has 0 radical (unpaired) electrons. The molecule has 0 spiro atoms. The average Bonchev–Trinajstić information content (AvgIpc) is 2.11. The summed E-state index contributed by atoms with van der Waals surface area (Å²) in [5.74, 6) is 0.671. The highest BCUT2D eigenvalue weighted by Crippen LogP contribution is 2.08. The highest BCUT2D eigenvalue weighted by molar-refractivity contribution is 6.36. The summed E-state index contributed by atoms with van der Waals surface area (Å²) in [5.41, 5.74) is 1.40. The Hall–Kier alpha value is 0.280. The topological polar surface area (TPSA) is 12.0 Å². The van der Waals surface area contributed by atoms with Crippen LogP contribution in [0.3, 0.4) is 0 Å². The van der Waals surface area contributed by atoms with Gasteiger partial charge in [-0.3, -0.25) is 0 Å². The molecule has 0 bridgehead atoms. The van der Waals surface area contributed by atoms with Crippen molar-refractivity contribution in [3.8, 4) is 0 Å². The first-order valence-electron chi connectivity index (χ1n) is 4.30. The maximum Gasteiger partial charge on any atom is 0.0431 e. The Balaban J connectivity index is 3.63. The standard InChI is InChI=1S/C9H17Cl2N/c1-4-7(2)8(3)12-6-9(11)5-10/h5,7-8,12H,4,6H2,1-3H3. The quantitative estimate of drug-likeness (QED) is 0.733. The van der Waals surface area contributed by atoms with E-state index in [9.17, 15) is 0 Å². The van der Waals surface area contributed by atoms with Gasteiger partial charge in [-0.15, -0.1) is 0 Å². The third-order valence-corrected chi connectivity index (χ3v) is 2.83. The summed E-state index contributed by atoms with van der Waals surface area (Å²) in [6.07, 6.45) is 1.18. The molecule has 0 aromatic rings. The van der Waals surface area contributed by atoms with Gasteiger partial charge in [0.1, 0.15) is 0 Å². The van der Waals surface area contributed by atoms with Gasteiger partial charge in [-0.25, -0.2) is 0 Å². The molecule has 0 aliphatic rings. The highest BCUT2D eigenvalue weighted by atomic mass is 35.5. The molecule has 0 amide bonds. The Morgan fingerprint density at radius 2 is 2.08 bits per heavy atom. The van der Waals surface area contributed by atoms with Crippen LogP contribution in [0.5, 0.6) is 0 Å². The minimum Gasteiger partial charge on any atom is -0.309 e. The van der Waals surface area contributed by atoms with Crippen LogP contribution in [0.4, 0.5) is 0 Å². The maximum atomic E-state index is 5.72. The second kappa shape index (κ2) is 6.76. The number of nitrogens with one attached hydrogen (secondary N) is 1. The van der Waals surface area contributed by atoms with Gasteiger partial charge in [0.15, 0.2) is 0 Å². The molecular formula is C9H17Cl2N. The SMILES string of the molecule is CCC(C)C(C)NCC(Cl)=CCl. The van der Waals surface area contributed by atoms with E-state index in [2.05, 4.69) is 26.1 Å². The molecule has 1 nitrogen and oxygen atoms in total. The van der Waals surface area contributed by atoms with Crippen molar-refractivity contribution in [3.05, 3.63) is 10.6 Å². The van der Waals surface area contributed by atoms with Gasteiger partial charge < -0.3 is 5.32 Å². The third-order valence-electron chi connectivity index (χ3n) is 2.21. The molecule has 12 heavy (non-hydrogen) atoms. The van der Waals surface area contributed by atoms with Crippen molar-refractivity contribution in [2.45, 2.75) is 33.2 Å². The van der Waals surface area contributed by atoms with Gasteiger partial charge in [0.25, 0.3) is 0 Å². The number of hydrogen-bond donors (Lipinski definition) is 1. The van der Waals surface area contributed by atoms with Gasteiger partial charge in [0.2, 0.25) is 0 Å². The van der Waals surface area contributed by atoms with Gasteiger partial charge in [0, 0.05) is 23.2 Å². The zero-order valence-corrected chi connectivity index (χ0v) is 9.41. The molecule has 72 valence electrons. The molecule has 2 unspecified atom stereocenters. The van der Waals surface area contributed by atoms with Crippen molar-refractivity contribution < 1.29 is 0 Å². The van der Waals surface area contributed by atoms with E-state index in [1.807, 2.05) is 0 Å². The molecule has 0 saturated carbocycles. The molecule has 3 heteroatoms. The molecule has 0 aromatic carbocycles. The Kier molecular flexibility index (Phi) is 6.92. The monoisotopic (exact) mass is 209 g/mol. The second-order valence-electron chi connectivity index (χ2n) is 3.11. The first kappa shape index (κ1) is 12.3. The largest absolute Gasteiger partial charge is 0.309 e. The summed E-state index contributed by atoms with van der Waals surface area (Å²) < 4.78 is 0. The lowest BCUT2D eigenvalue weighted by atomic mass is 10.0. The van der Waals surface area contributed by atoms with Gasteiger partial charge in [-0.05, 0) is 12.8 Å². The second-order valence-corrected chi connectivity index (χ2v) is 3.81. The normalized spacial score (nSPS) is 17.6. The van der Waals surface area contributed by atoms with Crippen molar-refractivity contribution in [1.29, 1.82) is 0 Å². The molecule has 0 aliphatic carbocycles. The molecule has 0 aromatic heterocycles. The first-order valence-corrected chi connectivity index (χ1v) is 5.11. The summed E-state index contributed by atoms with van der Waals surface area (Å²) in [6.45, 7) is 7.22. The molecule has 0 heterocycles. The predicted octanol–water partition coefficient (Wildman–Crippen LogP) is 3.33. The van der Waals surface area contributed by atoms with E-state index in [0.29, 0.717) is 23.5 Å². The van der Waals surface area contributed by atoms with Crippen LogP contribution in [0, 0.1) is 5.92 Å². The summed E-state index contributed by atoms with van der Waals surface area (Å²) in [6, 6.07) is 0.486. The molecule has 0 rings (SSSR count). The molecule has 0 saturated heterocycles. The van der Waals surface area contributed by atoms with E-state index >= 15 is 0 Å². The minimum atomic E-state index is 0.486. The van der Waals surface area contributed by atoms with Crippen molar-refractivity contribution in [2.24, 2.45) is 5.92 Å². The number of halogens is 2. The fraction of sp³-hybridized carbons (Fsp3) is 0.778. The molecule has 2 atom stereocenters. The van der Waals surface area contributed by atoms with Crippen molar-refractivity contribution in [2.75, 3.05) is 6.54 Å². The van der Waals surface area contributed by atoms with Gasteiger partial charge in [-0.1, -0.05) is 43.5 Å². The van der Waals surface area contributed by atoms with Crippen LogP contribution in [-0.4, -0.2) is 12.6 Å². The third kappa shape index (κ3) is 5.02. The fourth-order valence-corrected chi connectivity index (χ4v) is 1.01. The fourth-order valence-electron chi connectivity index (χ4n) is 0.852. The van der Waals surface area contributed by atoms with Crippen molar-refractivity contribution >= 4 is 23.2 Å². The van der Waals surface area contributed by atoms with E-state index < -0.39 is 0 Å². The van der Waals surface area contributed by atoms with Crippen LogP contribution in [0.1, 0.15) is 27.2 Å². The van der Waals surface area contributed by atoms with Crippen LogP contribution in [0.15, 0.2) is 10.6 Å². The maximum absolute atomic E-state index is 5.72. The summed E-state index contributed by atoms with van der Waals surface area (Å²) in [7, 11) is 0. The van der Waals surface area contributed by atoms with E-state index in [1.54, 1.807) is 0 Å². The van der Waals surface area contributed by atoms with Gasteiger partial charge in [0.05, 0.1) is 0 Å². The lowest BCUT2D eigenvalue weighted by Crippen LogP contribution is -2.32. The highest BCUT2D eigenvalue weighted by Gasteiger charge is 2.08. The van der Waals surface area contributed by atoms with Crippen LogP contribution in [-0.2, 0) is 0 Å². The molecule has 1 N–H and O–H groups in total. The summed E-state index contributed by atoms with van der Waals surface area (Å²) in [4.78, 5) is 0. The summed E-state index contributed by atoms with van der Waals surface area (Å²) >= 11 is 11.1. The average molecular weight is 210 g/mol. The summed E-state index contributed by atoms with van der Waals surface area (Å²) in [5, 5.41) is 3.96. The number of hydrogen-bond acceptors (Lipinski definition) is 1. The smallest absolute Gasteiger partial charge is 0.0431 e. The van der Waals surface area contributed by atoms with Crippen LogP contribution in [0.25, 0.3) is 0 Å². The minimum absolute atomic E-state index is 0.486. The Labute approximate surface area is 85.1 Å². The van der Waals surface area contributed by atoms with Crippen molar-refractivity contribution in [3.63, 3.8) is 0 Å².